The molecule has 0 fully saturated rings. The first-order valence-corrected chi connectivity index (χ1v) is 41.9. The largest absolute Gasteiger partial charge is 0.472 e. The van der Waals surface area contributed by atoms with Crippen LogP contribution in [0.15, 0.2) is 24.3 Å². The smallest absolute Gasteiger partial charge is 0.462 e. The molecule has 560 valence electrons. The summed E-state index contributed by atoms with van der Waals surface area (Å²) in [6, 6.07) is 0. The zero-order chi connectivity index (χ0) is 69.8. The van der Waals surface area contributed by atoms with E-state index in [1.807, 2.05) is 0 Å². The first kappa shape index (κ1) is 92.5. The van der Waals surface area contributed by atoms with Crippen molar-refractivity contribution in [3.63, 3.8) is 0 Å². The van der Waals surface area contributed by atoms with E-state index in [9.17, 15) is 43.2 Å². The molecule has 0 rings (SSSR count). The fourth-order valence-corrected chi connectivity index (χ4v) is 12.7. The molecule has 0 aromatic carbocycles. The minimum Gasteiger partial charge on any atom is -0.462 e. The SMILES string of the molecule is CCCCCC/C=C\C=C/CCCCCCCC(=O)OC[C@H](COP(=O)(O)OC[C@@H](O)COP(=O)(O)OC[C@@H](COC(=O)CCCCCCCCCCC(C)C)OC(=O)CCCCCCCCCCCCCC)OC(=O)CCCCCCCCCCCCCCCCCCC. The molecule has 0 aliphatic heterocycles. The van der Waals surface area contributed by atoms with Crippen molar-refractivity contribution in [1.82, 2.24) is 0 Å². The van der Waals surface area contributed by atoms with Crippen molar-refractivity contribution >= 4 is 39.5 Å². The Balaban J connectivity index is 5.28. The molecule has 0 saturated carbocycles. The summed E-state index contributed by atoms with van der Waals surface area (Å²) < 4.78 is 68.5. The van der Waals surface area contributed by atoms with Crippen LogP contribution in [0, 0.1) is 5.92 Å². The van der Waals surface area contributed by atoms with Gasteiger partial charge in [0.1, 0.15) is 19.3 Å². The number of allylic oxidation sites excluding steroid dienone is 4. The van der Waals surface area contributed by atoms with E-state index in [4.69, 9.17) is 37.0 Å². The van der Waals surface area contributed by atoms with Crippen LogP contribution in [-0.4, -0.2) is 96.7 Å². The second-order valence-electron chi connectivity index (χ2n) is 27.2. The fraction of sp³-hybridized carbons (Fsp3) is 0.895. The van der Waals surface area contributed by atoms with Gasteiger partial charge in [0.15, 0.2) is 12.2 Å². The minimum atomic E-state index is -4.96. The highest BCUT2D eigenvalue weighted by molar-refractivity contribution is 7.47. The van der Waals surface area contributed by atoms with Crippen molar-refractivity contribution in [2.45, 2.75) is 393 Å². The maximum Gasteiger partial charge on any atom is 0.472 e. The molecule has 3 N–H and O–H groups in total. The number of carbonyl (C=O) groups is 4. The molecular formula is C76H144O17P2. The van der Waals surface area contributed by atoms with Gasteiger partial charge in [0.25, 0.3) is 0 Å². The first-order valence-electron chi connectivity index (χ1n) is 39.0. The maximum atomic E-state index is 13.1. The number of ether oxygens (including phenoxy) is 4. The minimum absolute atomic E-state index is 0.102. The van der Waals surface area contributed by atoms with Crippen molar-refractivity contribution in [1.29, 1.82) is 0 Å². The molecule has 5 atom stereocenters. The molecule has 0 heterocycles. The quantitative estimate of drug-likeness (QED) is 0.0169. The zero-order valence-electron chi connectivity index (χ0n) is 61.3. The zero-order valence-corrected chi connectivity index (χ0v) is 63.1. The Kier molecular flexibility index (Phi) is 66.9. The van der Waals surface area contributed by atoms with E-state index in [0.29, 0.717) is 25.7 Å². The number of rotatable bonds is 74. The Morgan fingerprint density at radius 3 is 0.863 bits per heavy atom. The second-order valence-corrected chi connectivity index (χ2v) is 30.1. The molecule has 17 nitrogen and oxygen atoms in total. The van der Waals surface area contributed by atoms with Crippen LogP contribution in [0.5, 0.6) is 0 Å². The summed E-state index contributed by atoms with van der Waals surface area (Å²) >= 11 is 0. The van der Waals surface area contributed by atoms with Gasteiger partial charge >= 0.3 is 39.5 Å². The molecule has 19 heteroatoms. The van der Waals surface area contributed by atoms with Gasteiger partial charge in [0, 0.05) is 25.7 Å². The average molecular weight is 1390 g/mol. The third-order valence-corrected chi connectivity index (χ3v) is 19.1. The van der Waals surface area contributed by atoms with Crippen LogP contribution >= 0.6 is 15.6 Å². The summed E-state index contributed by atoms with van der Waals surface area (Å²) in [6.07, 6.45) is 60.4. The third kappa shape index (κ3) is 69.8. The highest BCUT2D eigenvalue weighted by Gasteiger charge is 2.30. The van der Waals surface area contributed by atoms with E-state index in [1.54, 1.807) is 0 Å². The van der Waals surface area contributed by atoms with Gasteiger partial charge in [-0.25, -0.2) is 9.13 Å². The van der Waals surface area contributed by atoms with Crippen LogP contribution in [0.1, 0.15) is 375 Å². The van der Waals surface area contributed by atoms with E-state index in [1.165, 1.54) is 180 Å². The molecule has 0 aromatic rings. The summed E-state index contributed by atoms with van der Waals surface area (Å²) in [5.74, 6) is -1.42. The predicted octanol–water partition coefficient (Wildman–Crippen LogP) is 22.0. The molecule has 0 aromatic heterocycles. The topological polar surface area (TPSA) is 237 Å². The van der Waals surface area contributed by atoms with Crippen LogP contribution in [0.25, 0.3) is 0 Å². The number of carbonyl (C=O) groups excluding carboxylic acids is 4. The molecule has 0 saturated heterocycles. The van der Waals surface area contributed by atoms with Crippen LogP contribution in [0.4, 0.5) is 0 Å². The van der Waals surface area contributed by atoms with Crippen LogP contribution in [0.2, 0.25) is 0 Å². The summed E-state index contributed by atoms with van der Waals surface area (Å²) in [6.45, 7) is 7.19. The molecule has 0 aliphatic rings. The monoisotopic (exact) mass is 1390 g/mol. The summed E-state index contributed by atoms with van der Waals surface area (Å²) in [7, 11) is -9.92. The molecule has 0 spiro atoms. The number of hydrogen-bond donors (Lipinski definition) is 3. The number of aliphatic hydroxyl groups is 1. The summed E-state index contributed by atoms with van der Waals surface area (Å²) in [4.78, 5) is 72.8. The normalized spacial score (nSPS) is 14.1. The van der Waals surface area contributed by atoms with E-state index < -0.39 is 97.5 Å². The van der Waals surface area contributed by atoms with E-state index >= 15 is 0 Å². The van der Waals surface area contributed by atoms with Gasteiger partial charge in [0.2, 0.25) is 0 Å². The van der Waals surface area contributed by atoms with Crippen molar-refractivity contribution in [2.75, 3.05) is 39.6 Å². The van der Waals surface area contributed by atoms with Crippen molar-refractivity contribution in [2.24, 2.45) is 5.92 Å². The van der Waals surface area contributed by atoms with Gasteiger partial charge in [-0.3, -0.25) is 37.3 Å². The lowest BCUT2D eigenvalue weighted by molar-refractivity contribution is -0.161. The first-order chi connectivity index (χ1) is 46.0. The Bertz CT molecular complexity index is 1920. The Labute approximate surface area is 580 Å². The van der Waals surface area contributed by atoms with Gasteiger partial charge in [-0.1, -0.05) is 322 Å². The molecule has 95 heavy (non-hydrogen) atoms. The number of phosphoric acid groups is 2. The third-order valence-electron chi connectivity index (χ3n) is 17.2. The van der Waals surface area contributed by atoms with Gasteiger partial charge in [-0.05, 0) is 57.3 Å². The molecule has 2 unspecified atom stereocenters. The van der Waals surface area contributed by atoms with Gasteiger partial charge < -0.3 is 33.8 Å². The number of esters is 4. The summed E-state index contributed by atoms with van der Waals surface area (Å²) in [5.41, 5.74) is 0. The lowest BCUT2D eigenvalue weighted by atomic mass is 10.0. The lowest BCUT2D eigenvalue weighted by Gasteiger charge is -2.21. The van der Waals surface area contributed by atoms with E-state index in [0.717, 1.165) is 115 Å². The molecule has 0 amide bonds. The Hall–Kier alpha value is -2.46. The highest BCUT2D eigenvalue weighted by atomic mass is 31.2. The highest BCUT2D eigenvalue weighted by Crippen LogP contribution is 2.45. The second kappa shape index (κ2) is 68.7. The molecule has 0 radical (unpaired) electrons. The lowest BCUT2D eigenvalue weighted by Crippen LogP contribution is -2.30. The predicted molar refractivity (Wildman–Crippen MR) is 386 cm³/mol. The Morgan fingerprint density at radius 2 is 0.568 bits per heavy atom. The van der Waals surface area contributed by atoms with E-state index in [-0.39, 0.29) is 25.7 Å². The van der Waals surface area contributed by atoms with E-state index in [2.05, 4.69) is 58.9 Å². The maximum absolute atomic E-state index is 13.1. The fourth-order valence-electron chi connectivity index (χ4n) is 11.2. The van der Waals surface area contributed by atoms with Gasteiger partial charge in [-0.2, -0.15) is 0 Å². The molecular weight excluding hydrogens is 1250 g/mol. The molecule has 0 bridgehead atoms. The standard InChI is InChI=1S/C76H144O17P2/c1-6-9-12-15-18-21-24-27-29-30-32-34-37-40-47-52-57-62-76(81)92-71(65-86-73(78)59-54-49-44-38-36-33-31-28-25-22-19-16-13-10-7-2)67-90-94(82,83)88-63-70(77)64-89-95(84,85)91-68-72(66-87-74(79)60-55-50-45-42-41-43-48-53-58-69(4)5)93-75(80)61-56-51-46-39-35-26-23-20-17-14-11-8-3/h22,25,28,31,69-72,77H,6-21,23-24,26-27,29-30,32-68H2,1-5H3,(H,82,83)(H,84,85)/b25-22-,31-28-/t70-,71-,72-/m1/s1. The van der Waals surface area contributed by atoms with Crippen molar-refractivity contribution < 1.29 is 80.2 Å². The number of phosphoric ester groups is 2. The van der Waals surface area contributed by atoms with Crippen LogP contribution < -0.4 is 0 Å². The van der Waals surface area contributed by atoms with Crippen LogP contribution in [0.3, 0.4) is 0 Å². The van der Waals surface area contributed by atoms with Crippen molar-refractivity contribution in [3.05, 3.63) is 24.3 Å². The average Bonchev–Trinajstić information content (AvgIpc) is 1.77. The number of hydrogen-bond acceptors (Lipinski definition) is 15. The number of unbranched alkanes of at least 4 members (excludes halogenated alkanes) is 43. The summed E-state index contributed by atoms with van der Waals surface area (Å²) in [5, 5.41) is 10.6. The van der Waals surface area contributed by atoms with Crippen LogP contribution in [-0.2, 0) is 65.4 Å². The van der Waals surface area contributed by atoms with Gasteiger partial charge in [-0.15, -0.1) is 0 Å². The van der Waals surface area contributed by atoms with Crippen molar-refractivity contribution in [3.8, 4) is 0 Å². The number of aliphatic hydroxyl groups excluding tert-OH is 1. The Morgan fingerprint density at radius 1 is 0.326 bits per heavy atom. The molecule has 0 aliphatic carbocycles. The van der Waals surface area contributed by atoms with Gasteiger partial charge in [0.05, 0.1) is 26.4 Å².